The Bertz CT molecular complexity index is 668. The molecule has 0 aliphatic carbocycles. The van der Waals surface area contributed by atoms with Crippen LogP contribution in [-0.4, -0.2) is 39.6 Å². The smallest absolute Gasteiger partial charge is 0.313 e. The van der Waals surface area contributed by atoms with Gasteiger partial charge >= 0.3 is 5.97 Å². The minimum Gasteiger partial charge on any atom is -0.481 e. The number of carboxylic acid groups (broad SMARTS) is 1. The summed E-state index contributed by atoms with van der Waals surface area (Å²) in [4.78, 5) is 15.4. The Balaban J connectivity index is 2.04. The van der Waals surface area contributed by atoms with Gasteiger partial charge in [0.05, 0.1) is 29.4 Å². The number of carboxylic acids is 1. The second-order valence-corrected chi connectivity index (χ2v) is 6.81. The number of carbonyl (C=O) groups is 1. The number of aliphatic carboxylic acids is 1. The fraction of sp³-hybridized carbons (Fsp3) is 0.429. The van der Waals surface area contributed by atoms with Crippen molar-refractivity contribution in [2.45, 2.75) is 24.0 Å². The molecule has 1 aliphatic rings. The average Bonchev–Trinajstić information content (AvgIpc) is 2.83. The quantitative estimate of drug-likeness (QED) is 0.836. The molecule has 1 saturated heterocycles. The normalized spacial score (nSPS) is 19.0. The molecule has 1 unspecified atom stereocenters. The van der Waals surface area contributed by atoms with E-state index in [4.69, 9.17) is 9.84 Å². The first-order chi connectivity index (χ1) is 10.1. The van der Waals surface area contributed by atoms with E-state index in [9.17, 15) is 4.79 Å². The summed E-state index contributed by atoms with van der Waals surface area (Å²) in [5.41, 5.74) is 1.91. The van der Waals surface area contributed by atoms with Gasteiger partial charge in [-0.3, -0.25) is 4.79 Å². The number of ether oxygens (including phenoxy) is 1. The second-order valence-electron chi connectivity index (χ2n) is 4.95. The van der Waals surface area contributed by atoms with Crippen LogP contribution in [0, 0.1) is 0 Å². The SMILES string of the molecule is O=C(O)CSc1nc2ccc(Br)cc2n1C1CCCOC1. The predicted molar refractivity (Wildman–Crippen MR) is 84.9 cm³/mol. The first-order valence-corrected chi connectivity index (χ1v) is 8.53. The van der Waals surface area contributed by atoms with E-state index >= 15 is 0 Å². The molecule has 5 nitrogen and oxygen atoms in total. The lowest BCUT2D eigenvalue weighted by Crippen LogP contribution is -2.22. The van der Waals surface area contributed by atoms with Gasteiger partial charge in [0.1, 0.15) is 0 Å². The monoisotopic (exact) mass is 370 g/mol. The van der Waals surface area contributed by atoms with Crippen LogP contribution in [0.3, 0.4) is 0 Å². The number of thioether (sulfide) groups is 1. The van der Waals surface area contributed by atoms with Crippen LogP contribution in [0.2, 0.25) is 0 Å². The maximum atomic E-state index is 10.8. The molecule has 2 heterocycles. The summed E-state index contributed by atoms with van der Waals surface area (Å²) < 4.78 is 8.70. The van der Waals surface area contributed by atoms with Crippen molar-refractivity contribution >= 4 is 44.7 Å². The van der Waals surface area contributed by atoms with E-state index in [0.29, 0.717) is 6.61 Å². The van der Waals surface area contributed by atoms with Crippen molar-refractivity contribution in [3.63, 3.8) is 0 Å². The highest BCUT2D eigenvalue weighted by Crippen LogP contribution is 2.32. The topological polar surface area (TPSA) is 64.3 Å². The lowest BCUT2D eigenvalue weighted by Gasteiger charge is -2.25. The summed E-state index contributed by atoms with van der Waals surface area (Å²) in [5, 5.41) is 9.66. The van der Waals surface area contributed by atoms with Gasteiger partial charge in [0, 0.05) is 11.1 Å². The Kier molecular flexibility index (Phi) is 4.51. The van der Waals surface area contributed by atoms with E-state index in [0.717, 1.165) is 40.1 Å². The van der Waals surface area contributed by atoms with E-state index in [1.54, 1.807) is 0 Å². The molecule has 0 spiro atoms. The van der Waals surface area contributed by atoms with Crippen LogP contribution >= 0.6 is 27.7 Å². The van der Waals surface area contributed by atoms with Crippen LogP contribution in [0.1, 0.15) is 18.9 Å². The zero-order valence-electron chi connectivity index (χ0n) is 11.3. The molecule has 0 saturated carbocycles. The standard InChI is InChI=1S/C14H15BrN2O3S/c15-9-3-4-11-12(6-9)17(10-2-1-5-20-7-10)14(16-11)21-8-13(18)19/h3-4,6,10H,1-2,5,7-8H2,(H,18,19). The van der Waals surface area contributed by atoms with Crippen LogP contribution in [0.4, 0.5) is 0 Å². The number of hydrogen-bond acceptors (Lipinski definition) is 4. The Hall–Kier alpha value is -1.05. The Morgan fingerprint density at radius 2 is 2.43 bits per heavy atom. The molecule has 1 atom stereocenters. The minimum absolute atomic E-state index is 0.0120. The molecule has 0 radical (unpaired) electrons. The molecule has 1 fully saturated rings. The third-order valence-corrected chi connectivity index (χ3v) is 4.88. The minimum atomic E-state index is -0.834. The van der Waals surface area contributed by atoms with Gasteiger partial charge < -0.3 is 14.4 Å². The molecule has 1 aromatic carbocycles. The number of fused-ring (bicyclic) bond motifs is 1. The van der Waals surface area contributed by atoms with Crippen LogP contribution in [0.25, 0.3) is 11.0 Å². The molecule has 0 amide bonds. The van der Waals surface area contributed by atoms with Crippen molar-refractivity contribution < 1.29 is 14.6 Å². The molecular weight excluding hydrogens is 356 g/mol. The number of halogens is 1. The van der Waals surface area contributed by atoms with E-state index < -0.39 is 5.97 Å². The summed E-state index contributed by atoms with van der Waals surface area (Å²) in [6.07, 6.45) is 2.04. The zero-order valence-corrected chi connectivity index (χ0v) is 13.7. The predicted octanol–water partition coefficient (Wildman–Crippen LogP) is 3.33. The largest absolute Gasteiger partial charge is 0.481 e. The highest BCUT2D eigenvalue weighted by molar-refractivity contribution is 9.10. The van der Waals surface area contributed by atoms with E-state index in [1.165, 1.54) is 11.8 Å². The van der Waals surface area contributed by atoms with Crippen molar-refractivity contribution in [3.05, 3.63) is 22.7 Å². The maximum Gasteiger partial charge on any atom is 0.313 e. The van der Waals surface area contributed by atoms with Crippen molar-refractivity contribution in [2.24, 2.45) is 0 Å². The van der Waals surface area contributed by atoms with Crippen LogP contribution in [-0.2, 0) is 9.53 Å². The van der Waals surface area contributed by atoms with Crippen molar-refractivity contribution in [1.29, 1.82) is 0 Å². The second kappa shape index (κ2) is 6.37. The van der Waals surface area contributed by atoms with Gasteiger partial charge in [0.25, 0.3) is 0 Å². The first-order valence-electron chi connectivity index (χ1n) is 6.75. The molecule has 3 rings (SSSR count). The van der Waals surface area contributed by atoms with Gasteiger partial charge in [-0.15, -0.1) is 0 Å². The van der Waals surface area contributed by atoms with Crippen molar-refractivity contribution in [3.8, 4) is 0 Å². The van der Waals surface area contributed by atoms with Crippen molar-refractivity contribution in [2.75, 3.05) is 19.0 Å². The van der Waals surface area contributed by atoms with Crippen LogP contribution in [0.15, 0.2) is 27.8 Å². The fourth-order valence-corrected chi connectivity index (χ4v) is 3.70. The first kappa shape index (κ1) is 14.9. The molecule has 21 heavy (non-hydrogen) atoms. The lowest BCUT2D eigenvalue weighted by atomic mass is 10.1. The van der Waals surface area contributed by atoms with Gasteiger partial charge in [-0.25, -0.2) is 4.98 Å². The molecular formula is C14H15BrN2O3S. The van der Waals surface area contributed by atoms with Crippen LogP contribution in [0.5, 0.6) is 0 Å². The molecule has 2 aromatic rings. The number of nitrogens with zero attached hydrogens (tertiary/aromatic N) is 2. The summed E-state index contributed by atoms with van der Waals surface area (Å²) in [6.45, 7) is 1.45. The molecule has 1 aliphatic heterocycles. The zero-order chi connectivity index (χ0) is 14.8. The van der Waals surface area contributed by atoms with E-state index in [1.807, 2.05) is 18.2 Å². The Morgan fingerprint density at radius 1 is 1.57 bits per heavy atom. The number of imidazole rings is 1. The third kappa shape index (κ3) is 3.25. The molecule has 0 bridgehead atoms. The number of aromatic nitrogens is 2. The lowest BCUT2D eigenvalue weighted by molar-refractivity contribution is -0.133. The number of hydrogen-bond donors (Lipinski definition) is 1. The van der Waals surface area contributed by atoms with Gasteiger partial charge in [0.15, 0.2) is 5.16 Å². The molecule has 1 N–H and O–H groups in total. The van der Waals surface area contributed by atoms with Crippen LogP contribution < -0.4 is 0 Å². The van der Waals surface area contributed by atoms with Gasteiger partial charge in [-0.2, -0.15) is 0 Å². The van der Waals surface area contributed by atoms with Gasteiger partial charge in [-0.05, 0) is 31.0 Å². The maximum absolute atomic E-state index is 10.8. The molecule has 1 aromatic heterocycles. The summed E-state index contributed by atoms with van der Waals surface area (Å²) >= 11 is 4.75. The summed E-state index contributed by atoms with van der Waals surface area (Å²) in [6, 6.07) is 6.14. The number of rotatable bonds is 4. The van der Waals surface area contributed by atoms with E-state index in [2.05, 4.69) is 25.5 Å². The Morgan fingerprint density at radius 3 is 3.14 bits per heavy atom. The van der Waals surface area contributed by atoms with Gasteiger partial charge in [0.2, 0.25) is 0 Å². The summed E-state index contributed by atoms with van der Waals surface area (Å²) in [5.74, 6) is -0.822. The summed E-state index contributed by atoms with van der Waals surface area (Å²) in [7, 11) is 0. The number of benzene rings is 1. The average molecular weight is 371 g/mol. The molecule has 7 heteroatoms. The highest BCUT2D eigenvalue weighted by atomic mass is 79.9. The third-order valence-electron chi connectivity index (χ3n) is 3.45. The Labute approximate surface area is 134 Å². The van der Waals surface area contributed by atoms with Crippen molar-refractivity contribution in [1.82, 2.24) is 9.55 Å². The van der Waals surface area contributed by atoms with E-state index in [-0.39, 0.29) is 11.8 Å². The highest BCUT2D eigenvalue weighted by Gasteiger charge is 2.22. The molecule has 112 valence electrons. The van der Waals surface area contributed by atoms with Gasteiger partial charge in [-0.1, -0.05) is 27.7 Å². The fourth-order valence-electron chi connectivity index (χ4n) is 2.55.